The van der Waals surface area contributed by atoms with Crippen LogP contribution in [0.4, 0.5) is 11.4 Å². The van der Waals surface area contributed by atoms with Gasteiger partial charge in [-0.05, 0) is 84.0 Å². The van der Waals surface area contributed by atoms with Gasteiger partial charge in [0.1, 0.15) is 11.5 Å². The highest BCUT2D eigenvalue weighted by Gasteiger charge is 2.29. The van der Waals surface area contributed by atoms with Crippen LogP contribution < -0.4 is 19.1 Å². The smallest absolute Gasteiger partial charge is 0.264 e. The van der Waals surface area contributed by atoms with Crippen LogP contribution in [0.5, 0.6) is 11.5 Å². The second-order valence-electron chi connectivity index (χ2n) is 9.81. The van der Waals surface area contributed by atoms with Crippen molar-refractivity contribution in [2.24, 2.45) is 0 Å². The molecule has 0 fully saturated rings. The molecule has 0 unspecified atom stereocenters. The molecule has 0 aliphatic carbocycles. The summed E-state index contributed by atoms with van der Waals surface area (Å²) < 4.78 is 38.8. The molecule has 0 saturated heterocycles. The summed E-state index contributed by atoms with van der Waals surface area (Å²) in [7, 11) is -2.18. The van der Waals surface area contributed by atoms with Gasteiger partial charge in [0.15, 0.2) is 6.61 Å². The summed E-state index contributed by atoms with van der Waals surface area (Å²) in [6.07, 6.45) is 1.41. The lowest BCUT2D eigenvalue weighted by Gasteiger charge is -2.31. The summed E-state index contributed by atoms with van der Waals surface area (Å²) in [5.74, 6) is 0.940. The molecule has 1 N–H and O–H groups in total. The van der Waals surface area contributed by atoms with Gasteiger partial charge in [0.25, 0.3) is 15.9 Å². The van der Waals surface area contributed by atoms with Gasteiger partial charge in [0, 0.05) is 12.2 Å². The number of methoxy groups -OCH3 is 1. The quantitative estimate of drug-likeness (QED) is 0.477. The van der Waals surface area contributed by atoms with Gasteiger partial charge < -0.3 is 14.8 Å². The molecule has 0 spiro atoms. The molecule has 3 aromatic carbocycles. The number of amides is 1. The SMILES string of the molecule is COc1ccc(S(=O)(=O)N2CCCc3cc(NC(=O)COc4ccc(C(C)(C)C)cc4)ccc32)cc1. The molecule has 0 atom stereocenters. The maximum Gasteiger partial charge on any atom is 0.264 e. The Morgan fingerprint density at radius 1 is 0.972 bits per heavy atom. The Labute approximate surface area is 213 Å². The first-order chi connectivity index (χ1) is 17.1. The minimum Gasteiger partial charge on any atom is -0.497 e. The fraction of sp³-hybridized carbons (Fsp3) is 0.321. The number of carbonyl (C=O) groups excluding carboxylic acids is 1. The maximum absolute atomic E-state index is 13.3. The van der Waals surface area contributed by atoms with Gasteiger partial charge in [-0.25, -0.2) is 8.42 Å². The van der Waals surface area contributed by atoms with Crippen LogP contribution in [0.2, 0.25) is 0 Å². The first-order valence-corrected chi connectivity index (χ1v) is 13.3. The number of nitrogens with one attached hydrogen (secondary N) is 1. The minimum atomic E-state index is -3.72. The van der Waals surface area contributed by atoms with Crippen molar-refractivity contribution in [3.8, 4) is 11.5 Å². The predicted octanol–water partition coefficient (Wildman–Crippen LogP) is 5.15. The van der Waals surface area contributed by atoms with E-state index in [1.54, 1.807) is 36.4 Å². The van der Waals surface area contributed by atoms with Gasteiger partial charge in [0.2, 0.25) is 0 Å². The van der Waals surface area contributed by atoms with Crippen LogP contribution in [0.3, 0.4) is 0 Å². The molecule has 1 aliphatic heterocycles. The van der Waals surface area contributed by atoms with Crippen LogP contribution in [-0.4, -0.2) is 34.6 Å². The van der Waals surface area contributed by atoms with Crippen molar-refractivity contribution in [2.45, 2.75) is 43.9 Å². The molecule has 0 saturated carbocycles. The summed E-state index contributed by atoms with van der Waals surface area (Å²) in [4.78, 5) is 12.7. The van der Waals surface area contributed by atoms with Crippen molar-refractivity contribution in [1.29, 1.82) is 0 Å². The Morgan fingerprint density at radius 3 is 2.28 bits per heavy atom. The average Bonchev–Trinajstić information content (AvgIpc) is 2.86. The summed E-state index contributed by atoms with van der Waals surface area (Å²) in [5, 5.41) is 2.85. The van der Waals surface area contributed by atoms with E-state index in [-0.39, 0.29) is 22.8 Å². The molecule has 36 heavy (non-hydrogen) atoms. The van der Waals surface area contributed by atoms with Crippen molar-refractivity contribution < 1.29 is 22.7 Å². The van der Waals surface area contributed by atoms with Gasteiger partial charge in [-0.15, -0.1) is 0 Å². The third-order valence-electron chi connectivity index (χ3n) is 6.18. The van der Waals surface area contributed by atoms with E-state index in [1.807, 2.05) is 30.3 Å². The minimum absolute atomic E-state index is 0.0475. The van der Waals surface area contributed by atoms with Gasteiger partial charge in [-0.3, -0.25) is 9.10 Å². The van der Waals surface area contributed by atoms with Crippen LogP contribution in [0.25, 0.3) is 0 Å². The Balaban J connectivity index is 1.43. The largest absolute Gasteiger partial charge is 0.497 e. The summed E-state index contributed by atoms with van der Waals surface area (Å²) >= 11 is 0. The number of sulfonamides is 1. The lowest BCUT2D eigenvalue weighted by Crippen LogP contribution is -2.35. The molecule has 1 aliphatic rings. The highest BCUT2D eigenvalue weighted by molar-refractivity contribution is 7.92. The number of carbonyl (C=O) groups is 1. The average molecular weight is 509 g/mol. The zero-order chi connectivity index (χ0) is 25.9. The maximum atomic E-state index is 13.3. The van der Waals surface area contributed by atoms with Crippen LogP contribution in [0, 0.1) is 0 Å². The fourth-order valence-electron chi connectivity index (χ4n) is 4.16. The number of nitrogens with zero attached hydrogens (tertiary/aromatic N) is 1. The van der Waals surface area contributed by atoms with Gasteiger partial charge >= 0.3 is 0 Å². The Bertz CT molecular complexity index is 1330. The molecule has 4 rings (SSSR count). The number of rotatable bonds is 7. The number of hydrogen-bond donors (Lipinski definition) is 1. The number of fused-ring (bicyclic) bond motifs is 1. The molecule has 0 bridgehead atoms. The van der Waals surface area contributed by atoms with Crippen molar-refractivity contribution in [3.63, 3.8) is 0 Å². The summed E-state index contributed by atoms with van der Waals surface area (Å²) in [5.41, 5.74) is 3.34. The first-order valence-electron chi connectivity index (χ1n) is 11.9. The van der Waals surface area contributed by atoms with Crippen molar-refractivity contribution in [2.75, 3.05) is 29.9 Å². The number of ether oxygens (including phenoxy) is 2. The van der Waals surface area contributed by atoms with E-state index in [2.05, 4.69) is 26.1 Å². The second kappa shape index (κ2) is 10.2. The Kier molecular flexibility index (Phi) is 7.26. The standard InChI is InChI=1S/C28H32N2O5S/c1-28(2,3)21-7-10-24(11-8-21)35-19-27(31)29-22-9-16-26-20(18-22)6-5-17-30(26)36(32,33)25-14-12-23(34-4)13-15-25/h7-16,18H,5-6,17,19H2,1-4H3,(H,29,31). The number of aryl methyl sites for hydroxylation is 1. The van der Waals surface area contributed by atoms with Crippen LogP contribution in [0.1, 0.15) is 38.3 Å². The molecule has 190 valence electrons. The second-order valence-corrected chi connectivity index (χ2v) is 11.7. The van der Waals surface area contributed by atoms with Crippen molar-refractivity contribution >= 4 is 27.3 Å². The third kappa shape index (κ3) is 5.65. The van der Waals surface area contributed by atoms with Crippen LogP contribution in [-0.2, 0) is 26.7 Å². The molecule has 0 aromatic heterocycles. The summed E-state index contributed by atoms with van der Waals surface area (Å²) in [6, 6.07) is 19.4. The van der Waals surface area contributed by atoms with Crippen LogP contribution >= 0.6 is 0 Å². The van der Waals surface area contributed by atoms with E-state index in [9.17, 15) is 13.2 Å². The van der Waals surface area contributed by atoms with E-state index in [0.29, 0.717) is 35.8 Å². The zero-order valence-electron chi connectivity index (χ0n) is 21.1. The molecule has 0 radical (unpaired) electrons. The fourth-order valence-corrected chi connectivity index (χ4v) is 5.70. The van der Waals surface area contributed by atoms with E-state index < -0.39 is 10.0 Å². The predicted molar refractivity (Wildman–Crippen MR) is 142 cm³/mol. The molecule has 1 heterocycles. The molecule has 8 heteroatoms. The highest BCUT2D eigenvalue weighted by Crippen LogP contribution is 2.34. The molecular formula is C28H32N2O5S. The topological polar surface area (TPSA) is 84.9 Å². The van der Waals surface area contributed by atoms with Crippen molar-refractivity contribution in [1.82, 2.24) is 0 Å². The van der Waals surface area contributed by atoms with Gasteiger partial charge in [0.05, 0.1) is 17.7 Å². The molecule has 3 aromatic rings. The lowest BCUT2D eigenvalue weighted by molar-refractivity contribution is -0.118. The third-order valence-corrected chi connectivity index (χ3v) is 8.00. The van der Waals surface area contributed by atoms with E-state index in [1.165, 1.54) is 17.0 Å². The lowest BCUT2D eigenvalue weighted by atomic mass is 9.87. The number of benzene rings is 3. The van der Waals surface area contributed by atoms with Crippen LogP contribution in [0.15, 0.2) is 71.6 Å². The van der Waals surface area contributed by atoms with Crippen molar-refractivity contribution in [3.05, 3.63) is 77.9 Å². The summed E-state index contributed by atoms with van der Waals surface area (Å²) in [6.45, 7) is 6.70. The van der Waals surface area contributed by atoms with Gasteiger partial charge in [-0.1, -0.05) is 32.9 Å². The molecular weight excluding hydrogens is 476 g/mol. The van der Waals surface area contributed by atoms with E-state index >= 15 is 0 Å². The van der Waals surface area contributed by atoms with E-state index in [4.69, 9.17) is 9.47 Å². The first kappa shape index (κ1) is 25.6. The normalized spacial score (nSPS) is 13.6. The number of anilines is 2. The Morgan fingerprint density at radius 2 is 1.64 bits per heavy atom. The zero-order valence-corrected chi connectivity index (χ0v) is 21.9. The van der Waals surface area contributed by atoms with E-state index in [0.717, 1.165) is 12.0 Å². The van der Waals surface area contributed by atoms with Gasteiger partial charge in [-0.2, -0.15) is 0 Å². The number of hydrogen-bond acceptors (Lipinski definition) is 5. The Hall–Kier alpha value is -3.52. The highest BCUT2D eigenvalue weighted by atomic mass is 32.2. The molecule has 1 amide bonds. The monoisotopic (exact) mass is 508 g/mol. The molecule has 7 nitrogen and oxygen atoms in total.